The fourth-order valence-electron chi connectivity index (χ4n) is 3.30. The van der Waals surface area contributed by atoms with Crippen molar-refractivity contribution >= 4 is 22.3 Å². The average Bonchev–Trinajstić information content (AvgIpc) is 2.80. The van der Waals surface area contributed by atoms with E-state index in [9.17, 15) is 5.21 Å². The van der Waals surface area contributed by atoms with Crippen LogP contribution in [0.5, 0.6) is 0 Å². The highest BCUT2D eigenvalue weighted by Crippen LogP contribution is 2.37. The number of oxime groups is 1. The highest BCUT2D eigenvalue weighted by Gasteiger charge is 2.37. The van der Waals surface area contributed by atoms with Gasteiger partial charge in [-0.3, -0.25) is 9.97 Å². The third-order valence-corrected chi connectivity index (χ3v) is 17.1. The van der Waals surface area contributed by atoms with Gasteiger partial charge < -0.3 is 14.1 Å². The minimum Gasteiger partial charge on any atom is -0.417 e. The molecule has 0 aliphatic carbocycles. The van der Waals surface area contributed by atoms with Gasteiger partial charge in [-0.1, -0.05) is 58.8 Å². The molecule has 0 saturated heterocycles. The molecule has 0 saturated carbocycles. The first-order valence-corrected chi connectivity index (χ1v) is 19.3. The van der Waals surface area contributed by atoms with Crippen molar-refractivity contribution in [2.24, 2.45) is 5.16 Å². The summed E-state index contributed by atoms with van der Waals surface area (Å²) in [7, 11) is -3.42. The second kappa shape index (κ2) is 12.8. The minimum absolute atomic E-state index is 0.224. The largest absolute Gasteiger partial charge is 0.417 e. The first-order valence-electron chi connectivity index (χ1n) is 13.5. The number of pyridine rings is 2. The van der Waals surface area contributed by atoms with Gasteiger partial charge in [-0.05, 0) is 85.2 Å². The van der Waals surface area contributed by atoms with Gasteiger partial charge in [0.1, 0.15) is 0 Å². The van der Waals surface area contributed by atoms with Crippen molar-refractivity contribution in [3.8, 4) is 0 Å². The molecule has 0 spiro atoms. The maximum atomic E-state index is 9.68. The van der Waals surface area contributed by atoms with E-state index in [1.165, 1.54) is 0 Å². The van der Waals surface area contributed by atoms with Gasteiger partial charge >= 0.3 is 0 Å². The van der Waals surface area contributed by atoms with Crippen LogP contribution in [0, 0.1) is 0 Å². The van der Waals surface area contributed by atoms with Gasteiger partial charge in [-0.2, -0.15) is 0 Å². The quantitative estimate of drug-likeness (QED) is 0.0980. The van der Waals surface area contributed by atoms with Crippen LogP contribution in [-0.2, 0) is 21.7 Å². The molecule has 1 N–H and O–H groups in total. The molecule has 0 fully saturated rings. The van der Waals surface area contributed by atoms with Gasteiger partial charge in [0.2, 0.25) is 0 Å². The summed E-state index contributed by atoms with van der Waals surface area (Å²) in [6, 6.07) is 7.87. The van der Waals surface area contributed by atoms with Gasteiger partial charge in [0.05, 0.1) is 11.4 Å². The Morgan fingerprint density at radius 1 is 0.730 bits per heavy atom. The third kappa shape index (κ3) is 9.12. The van der Waals surface area contributed by atoms with E-state index >= 15 is 0 Å². The molecule has 0 aromatic carbocycles. The summed E-state index contributed by atoms with van der Waals surface area (Å²) in [5, 5.41) is 13.6. The molecule has 0 unspecified atom stereocenters. The third-order valence-electron chi connectivity index (χ3n) is 7.99. The smallest absolute Gasteiger partial charge is 0.191 e. The van der Waals surface area contributed by atoms with Crippen molar-refractivity contribution in [2.75, 3.05) is 13.2 Å². The molecule has 206 valence electrons. The lowest BCUT2D eigenvalue weighted by Gasteiger charge is -2.36. The molecule has 2 heterocycles. The standard InChI is InChI=1S/C29H49N3O3Si2/c1-28(2,3)36(7,8)34-19-11-13-23-15-17-25(30-21-23)27(32-33)26-18-16-24(22-31-26)14-12-20-35-37(9,10)29(4,5)6/h15-18,21-22,33H,11-14,19-20H2,1-10H3. The van der Waals surface area contributed by atoms with Crippen LogP contribution >= 0.6 is 0 Å². The molecule has 0 bridgehead atoms. The molecule has 2 aromatic rings. The Kier molecular flexibility index (Phi) is 10.8. The van der Waals surface area contributed by atoms with Crippen molar-refractivity contribution in [2.45, 2.75) is 103 Å². The lowest BCUT2D eigenvalue weighted by Crippen LogP contribution is -2.41. The van der Waals surface area contributed by atoms with Gasteiger partial charge in [0.15, 0.2) is 22.3 Å². The highest BCUT2D eigenvalue weighted by molar-refractivity contribution is 6.74. The van der Waals surface area contributed by atoms with Crippen LogP contribution in [0.15, 0.2) is 41.8 Å². The summed E-state index contributed by atoms with van der Waals surface area (Å²) in [6.07, 6.45) is 7.42. The molecule has 8 heteroatoms. The zero-order valence-electron chi connectivity index (χ0n) is 24.8. The Hall–Kier alpha value is -1.88. The summed E-state index contributed by atoms with van der Waals surface area (Å²) in [5.41, 5.74) is 3.87. The van der Waals surface area contributed by atoms with Crippen molar-refractivity contribution in [1.82, 2.24) is 9.97 Å². The Bertz CT molecular complexity index is 927. The Morgan fingerprint density at radius 2 is 1.11 bits per heavy atom. The molecule has 6 nitrogen and oxygen atoms in total. The number of aryl methyl sites for hydroxylation is 2. The van der Waals surface area contributed by atoms with Crippen LogP contribution in [0.1, 0.15) is 76.9 Å². The van der Waals surface area contributed by atoms with E-state index in [0.717, 1.165) is 50.0 Å². The molecule has 0 aliphatic heterocycles. The molecule has 37 heavy (non-hydrogen) atoms. The first kappa shape index (κ1) is 31.3. The van der Waals surface area contributed by atoms with E-state index < -0.39 is 16.6 Å². The van der Waals surface area contributed by atoms with Crippen LogP contribution in [0.4, 0.5) is 0 Å². The number of aromatic nitrogens is 2. The maximum absolute atomic E-state index is 9.68. The van der Waals surface area contributed by atoms with Crippen molar-refractivity contribution in [3.05, 3.63) is 59.2 Å². The fourth-order valence-corrected chi connectivity index (χ4v) is 5.47. The van der Waals surface area contributed by atoms with Crippen molar-refractivity contribution in [3.63, 3.8) is 0 Å². The number of hydrogen-bond acceptors (Lipinski definition) is 6. The lowest BCUT2D eigenvalue weighted by atomic mass is 10.1. The van der Waals surface area contributed by atoms with E-state index in [1.807, 2.05) is 36.7 Å². The molecule has 2 rings (SSSR count). The van der Waals surface area contributed by atoms with E-state index in [2.05, 4.69) is 82.9 Å². The lowest BCUT2D eigenvalue weighted by molar-refractivity contribution is 0.282. The summed E-state index contributed by atoms with van der Waals surface area (Å²) in [4.78, 5) is 9.09. The second-order valence-electron chi connectivity index (χ2n) is 13.0. The Balaban J connectivity index is 1.88. The van der Waals surface area contributed by atoms with E-state index in [1.54, 1.807) is 0 Å². The normalized spacial score (nSPS) is 13.0. The topological polar surface area (TPSA) is 76.8 Å². The zero-order valence-corrected chi connectivity index (χ0v) is 26.8. The SMILES string of the molecule is CC(C)(C)[Si](C)(C)OCCCc1ccc(C(=NO)c2ccc(CCCO[Si](C)(C)C(C)(C)C)cn2)nc1. The Morgan fingerprint density at radius 3 is 1.38 bits per heavy atom. The van der Waals surface area contributed by atoms with Crippen LogP contribution in [0.25, 0.3) is 0 Å². The fraction of sp³-hybridized carbons (Fsp3) is 0.621. The predicted octanol–water partition coefficient (Wildman–Crippen LogP) is 7.61. The first-order chi connectivity index (χ1) is 17.1. The van der Waals surface area contributed by atoms with Gasteiger partial charge in [-0.25, -0.2) is 0 Å². The molecule has 2 aromatic heterocycles. The molecule has 0 amide bonds. The second-order valence-corrected chi connectivity index (χ2v) is 22.6. The van der Waals surface area contributed by atoms with Crippen LogP contribution in [0.2, 0.25) is 36.3 Å². The predicted molar refractivity (Wildman–Crippen MR) is 159 cm³/mol. The average molecular weight is 544 g/mol. The van der Waals surface area contributed by atoms with Crippen molar-refractivity contribution in [1.29, 1.82) is 0 Å². The number of rotatable bonds is 12. The molecule has 0 aliphatic rings. The molecule has 0 atom stereocenters. The van der Waals surface area contributed by atoms with Gasteiger partial charge in [0, 0.05) is 25.6 Å². The summed E-state index contributed by atoms with van der Waals surface area (Å²) in [6.45, 7) is 24.2. The summed E-state index contributed by atoms with van der Waals surface area (Å²) < 4.78 is 12.5. The van der Waals surface area contributed by atoms with Crippen LogP contribution < -0.4 is 0 Å². The molecular formula is C29H49N3O3Si2. The maximum Gasteiger partial charge on any atom is 0.191 e. The van der Waals surface area contributed by atoms with E-state index in [4.69, 9.17) is 8.85 Å². The molecular weight excluding hydrogens is 495 g/mol. The summed E-state index contributed by atoms with van der Waals surface area (Å²) in [5.74, 6) is 0. The van der Waals surface area contributed by atoms with Crippen LogP contribution in [0.3, 0.4) is 0 Å². The Labute approximate surface area is 227 Å². The monoisotopic (exact) mass is 543 g/mol. The van der Waals surface area contributed by atoms with E-state index in [-0.39, 0.29) is 10.1 Å². The summed E-state index contributed by atoms with van der Waals surface area (Å²) >= 11 is 0. The highest BCUT2D eigenvalue weighted by atomic mass is 28.4. The minimum atomic E-state index is -1.71. The number of nitrogens with zero attached hydrogens (tertiary/aromatic N) is 3. The zero-order chi connectivity index (χ0) is 27.9. The van der Waals surface area contributed by atoms with Gasteiger partial charge in [0.25, 0.3) is 0 Å². The van der Waals surface area contributed by atoms with E-state index in [0.29, 0.717) is 17.1 Å². The van der Waals surface area contributed by atoms with Crippen LogP contribution in [-0.4, -0.2) is 50.7 Å². The van der Waals surface area contributed by atoms with Crippen molar-refractivity contribution < 1.29 is 14.1 Å². The van der Waals surface area contributed by atoms with Gasteiger partial charge in [-0.15, -0.1) is 0 Å². The number of hydrogen-bond donors (Lipinski definition) is 1. The molecule has 0 radical (unpaired) electrons.